The predicted octanol–water partition coefficient (Wildman–Crippen LogP) is 2.80. The average molecular weight is 224 g/mol. The minimum absolute atomic E-state index is 0.0828. The van der Waals surface area contributed by atoms with Crippen molar-refractivity contribution in [2.45, 2.75) is 13.5 Å². The smallest absolute Gasteiger partial charge is 0.172 e. The molecule has 3 nitrogen and oxygen atoms in total. The van der Waals surface area contributed by atoms with Gasteiger partial charge < -0.3 is 9.63 Å². The van der Waals surface area contributed by atoms with Crippen LogP contribution in [0.15, 0.2) is 28.9 Å². The van der Waals surface area contributed by atoms with E-state index in [0.717, 1.165) is 11.1 Å². The van der Waals surface area contributed by atoms with Crippen molar-refractivity contribution in [3.63, 3.8) is 0 Å². The summed E-state index contributed by atoms with van der Waals surface area (Å²) >= 11 is 5.92. The highest BCUT2D eigenvalue weighted by Gasteiger charge is 2.10. The molecule has 0 aliphatic carbocycles. The molecule has 1 N–H and O–H groups in total. The molecule has 0 fully saturated rings. The van der Waals surface area contributed by atoms with Crippen molar-refractivity contribution in [2.24, 2.45) is 0 Å². The van der Waals surface area contributed by atoms with Crippen molar-refractivity contribution in [1.29, 1.82) is 0 Å². The van der Waals surface area contributed by atoms with Crippen LogP contribution < -0.4 is 0 Å². The maximum atomic E-state index is 9.07. The fourth-order valence-corrected chi connectivity index (χ4v) is 1.51. The standard InChI is InChI=1S/C11H10ClNO2/c1-7-4-8(2-3-10(7)12)11-9(6-14)5-13-15-11/h2-5,14H,6H2,1H3. The number of aryl methyl sites for hydroxylation is 1. The van der Waals surface area contributed by atoms with Gasteiger partial charge in [-0.05, 0) is 30.7 Å². The van der Waals surface area contributed by atoms with Crippen molar-refractivity contribution >= 4 is 11.6 Å². The second kappa shape index (κ2) is 4.04. The first-order valence-corrected chi connectivity index (χ1v) is 4.91. The highest BCUT2D eigenvalue weighted by Crippen LogP contribution is 2.27. The van der Waals surface area contributed by atoms with Gasteiger partial charge in [-0.25, -0.2) is 0 Å². The number of aliphatic hydroxyl groups is 1. The Morgan fingerprint density at radius 2 is 2.27 bits per heavy atom. The van der Waals surface area contributed by atoms with Gasteiger partial charge in [0.15, 0.2) is 5.76 Å². The molecule has 0 atom stereocenters. The Labute approximate surface area is 92.3 Å². The molecule has 78 valence electrons. The topological polar surface area (TPSA) is 46.3 Å². The molecule has 0 bridgehead atoms. The van der Waals surface area contributed by atoms with Gasteiger partial charge in [0.1, 0.15) is 0 Å². The molecular weight excluding hydrogens is 214 g/mol. The molecule has 0 saturated heterocycles. The van der Waals surface area contributed by atoms with Gasteiger partial charge in [-0.2, -0.15) is 0 Å². The van der Waals surface area contributed by atoms with Crippen molar-refractivity contribution < 1.29 is 9.63 Å². The number of nitrogens with zero attached hydrogens (tertiary/aromatic N) is 1. The molecule has 1 aromatic carbocycles. The minimum Gasteiger partial charge on any atom is -0.391 e. The number of hydrogen-bond acceptors (Lipinski definition) is 3. The summed E-state index contributed by atoms with van der Waals surface area (Å²) < 4.78 is 5.08. The maximum Gasteiger partial charge on any atom is 0.172 e. The Hall–Kier alpha value is -1.32. The van der Waals surface area contributed by atoms with Crippen molar-refractivity contribution in [3.05, 3.63) is 40.5 Å². The Kier molecular flexibility index (Phi) is 2.75. The Morgan fingerprint density at radius 1 is 1.47 bits per heavy atom. The number of halogens is 1. The van der Waals surface area contributed by atoms with E-state index in [1.54, 1.807) is 6.07 Å². The van der Waals surface area contributed by atoms with Crippen molar-refractivity contribution in [3.8, 4) is 11.3 Å². The van der Waals surface area contributed by atoms with Crippen LogP contribution in [0.3, 0.4) is 0 Å². The highest BCUT2D eigenvalue weighted by atomic mass is 35.5. The first-order chi connectivity index (χ1) is 7.22. The molecule has 2 aromatic rings. The molecule has 4 heteroatoms. The summed E-state index contributed by atoms with van der Waals surface area (Å²) in [6, 6.07) is 5.55. The van der Waals surface area contributed by atoms with Crippen LogP contribution in [0.2, 0.25) is 5.02 Å². The number of aliphatic hydroxyl groups excluding tert-OH is 1. The lowest BCUT2D eigenvalue weighted by atomic mass is 10.1. The Bertz CT molecular complexity index is 479. The quantitative estimate of drug-likeness (QED) is 0.852. The molecule has 1 aromatic heterocycles. The summed E-state index contributed by atoms with van der Waals surface area (Å²) in [6.45, 7) is 1.83. The van der Waals surface area contributed by atoms with Gasteiger partial charge >= 0.3 is 0 Å². The van der Waals surface area contributed by atoms with E-state index in [0.29, 0.717) is 16.3 Å². The highest BCUT2D eigenvalue weighted by molar-refractivity contribution is 6.31. The normalized spacial score (nSPS) is 10.6. The monoisotopic (exact) mass is 223 g/mol. The third-order valence-corrected chi connectivity index (χ3v) is 2.66. The van der Waals surface area contributed by atoms with E-state index in [1.807, 2.05) is 19.1 Å². The first kappa shape index (κ1) is 10.2. The second-order valence-corrected chi connectivity index (χ2v) is 3.71. The van der Waals surface area contributed by atoms with Crippen LogP contribution in [-0.2, 0) is 6.61 Å². The number of hydrogen-bond donors (Lipinski definition) is 1. The molecule has 1 heterocycles. The molecule has 0 saturated carbocycles. The number of rotatable bonds is 2. The molecule has 0 spiro atoms. The van der Waals surface area contributed by atoms with Gasteiger partial charge in [0.2, 0.25) is 0 Å². The largest absolute Gasteiger partial charge is 0.391 e. The number of benzene rings is 1. The van der Waals surface area contributed by atoms with Gasteiger partial charge in [0.05, 0.1) is 12.8 Å². The zero-order valence-corrected chi connectivity index (χ0v) is 8.95. The van der Waals surface area contributed by atoms with Crippen LogP contribution in [0, 0.1) is 6.92 Å². The summed E-state index contributed by atoms with van der Waals surface area (Å²) in [7, 11) is 0. The molecule has 0 unspecified atom stereocenters. The van der Waals surface area contributed by atoms with E-state index >= 15 is 0 Å². The lowest BCUT2D eigenvalue weighted by Crippen LogP contribution is -1.85. The fourth-order valence-electron chi connectivity index (χ4n) is 1.40. The summed E-state index contributed by atoms with van der Waals surface area (Å²) in [4.78, 5) is 0. The SMILES string of the molecule is Cc1cc(-c2oncc2CO)ccc1Cl. The van der Waals surface area contributed by atoms with Crippen LogP contribution in [0.5, 0.6) is 0 Å². The second-order valence-electron chi connectivity index (χ2n) is 3.30. The van der Waals surface area contributed by atoms with Gasteiger partial charge in [0.25, 0.3) is 0 Å². The first-order valence-electron chi connectivity index (χ1n) is 4.53. The Balaban J connectivity index is 2.50. The molecule has 0 radical (unpaired) electrons. The van der Waals surface area contributed by atoms with Gasteiger partial charge in [-0.1, -0.05) is 16.8 Å². The third kappa shape index (κ3) is 1.89. The minimum atomic E-state index is -0.0828. The predicted molar refractivity (Wildman–Crippen MR) is 57.6 cm³/mol. The van der Waals surface area contributed by atoms with Crippen molar-refractivity contribution in [1.82, 2.24) is 5.16 Å². The molecule has 2 rings (SSSR count). The fraction of sp³-hybridized carbons (Fsp3) is 0.182. The lowest BCUT2D eigenvalue weighted by molar-refractivity contribution is 0.281. The van der Waals surface area contributed by atoms with E-state index < -0.39 is 0 Å². The van der Waals surface area contributed by atoms with Gasteiger partial charge in [-0.3, -0.25) is 0 Å². The Morgan fingerprint density at radius 3 is 2.93 bits per heavy atom. The zero-order valence-electron chi connectivity index (χ0n) is 8.20. The zero-order chi connectivity index (χ0) is 10.8. The lowest BCUT2D eigenvalue weighted by Gasteiger charge is -2.01. The van der Waals surface area contributed by atoms with E-state index in [9.17, 15) is 0 Å². The maximum absolute atomic E-state index is 9.07. The molecule has 0 aliphatic heterocycles. The van der Waals surface area contributed by atoms with E-state index in [2.05, 4.69) is 5.16 Å². The molecule has 0 aliphatic rings. The van der Waals surface area contributed by atoms with E-state index in [-0.39, 0.29) is 6.61 Å². The van der Waals surface area contributed by atoms with Crippen molar-refractivity contribution in [2.75, 3.05) is 0 Å². The van der Waals surface area contributed by atoms with Crippen LogP contribution in [0.25, 0.3) is 11.3 Å². The van der Waals surface area contributed by atoms with Crippen LogP contribution in [-0.4, -0.2) is 10.3 Å². The number of aromatic nitrogens is 1. The van der Waals surface area contributed by atoms with Crippen LogP contribution >= 0.6 is 11.6 Å². The summed E-state index contributed by atoms with van der Waals surface area (Å²) in [5.74, 6) is 0.595. The van der Waals surface area contributed by atoms with Gasteiger partial charge in [0, 0.05) is 16.1 Å². The summed E-state index contributed by atoms with van der Waals surface area (Å²) in [5.41, 5.74) is 2.52. The van der Waals surface area contributed by atoms with Crippen LogP contribution in [0.4, 0.5) is 0 Å². The van der Waals surface area contributed by atoms with E-state index in [4.69, 9.17) is 21.2 Å². The van der Waals surface area contributed by atoms with Crippen LogP contribution in [0.1, 0.15) is 11.1 Å². The average Bonchev–Trinajstić information content (AvgIpc) is 2.70. The van der Waals surface area contributed by atoms with Gasteiger partial charge in [-0.15, -0.1) is 0 Å². The third-order valence-electron chi connectivity index (χ3n) is 2.23. The summed E-state index contributed by atoms with van der Waals surface area (Å²) in [6.07, 6.45) is 1.51. The molecule has 0 amide bonds. The summed E-state index contributed by atoms with van der Waals surface area (Å²) in [5, 5.41) is 13.4. The molecule has 15 heavy (non-hydrogen) atoms. The molecular formula is C11H10ClNO2. The van der Waals surface area contributed by atoms with E-state index in [1.165, 1.54) is 6.20 Å².